The van der Waals surface area contributed by atoms with Gasteiger partial charge in [0.15, 0.2) is 5.60 Å². The Morgan fingerprint density at radius 2 is 1.47 bits per heavy atom. The van der Waals surface area contributed by atoms with E-state index in [0.29, 0.717) is 85.0 Å². The molecule has 86 heavy (non-hydrogen) atoms. The van der Waals surface area contributed by atoms with E-state index in [9.17, 15) is 55.8 Å². The Balaban J connectivity index is 0.885. The zero-order chi connectivity index (χ0) is 62.1. The van der Waals surface area contributed by atoms with Crippen molar-refractivity contribution in [2.45, 2.75) is 114 Å². The lowest BCUT2D eigenvalue weighted by molar-refractivity contribution is -0.172. The molecule has 0 unspecified atom stereocenters. The molecular formula is C59H60ClN11O13S2. The van der Waals surface area contributed by atoms with Crippen molar-refractivity contribution in [3.8, 4) is 33.6 Å². The number of sulfone groups is 2. The summed E-state index contributed by atoms with van der Waals surface area (Å²) in [6, 6.07) is 9.87. The van der Waals surface area contributed by atoms with E-state index in [1.165, 1.54) is 53.3 Å². The summed E-state index contributed by atoms with van der Waals surface area (Å²) >= 11 is 6.82. The topological polar surface area (TPSA) is 341 Å². The van der Waals surface area contributed by atoms with Gasteiger partial charge in [0.05, 0.1) is 35.1 Å². The maximum atomic E-state index is 14.3. The summed E-state index contributed by atoms with van der Waals surface area (Å²) in [6.45, 7) is 8.26. The molecule has 4 amide bonds. The second-order valence-electron chi connectivity index (χ2n) is 22.1. The molecule has 2 aliphatic heterocycles. The number of hydrogen-bond acceptors (Lipinski definition) is 18. The second kappa shape index (κ2) is 23.0. The molecule has 7 aromatic rings. The van der Waals surface area contributed by atoms with E-state index in [4.69, 9.17) is 21.3 Å². The number of cyclic esters (lactones) is 1. The summed E-state index contributed by atoms with van der Waals surface area (Å²) in [6.07, 6.45) is 6.52. The number of aryl methyl sites for hydroxylation is 1. The molecule has 0 saturated carbocycles. The number of carboxylic acid groups (broad SMARTS) is 1. The quantitative estimate of drug-likeness (QED) is 0.0481. The Morgan fingerprint density at radius 3 is 2.03 bits per heavy atom. The Hall–Kier alpha value is -8.56. The first-order chi connectivity index (χ1) is 40.6. The summed E-state index contributed by atoms with van der Waals surface area (Å²) in [5, 5.41) is 34.5. The van der Waals surface area contributed by atoms with E-state index in [1.807, 2.05) is 6.92 Å². The summed E-state index contributed by atoms with van der Waals surface area (Å²) < 4.78 is 55.3. The van der Waals surface area contributed by atoms with Crippen LogP contribution in [0.25, 0.3) is 44.5 Å². The smallest absolute Gasteiger partial charge is 0.408 e. The number of halogens is 1. The first kappa shape index (κ1) is 60.6. The van der Waals surface area contributed by atoms with Crippen LogP contribution < -0.4 is 26.8 Å². The Morgan fingerprint density at radius 1 is 0.837 bits per heavy atom. The number of carbonyl (C=O) groups is 5. The number of carbonyl (C=O) groups excluding carboxylic acids is 4. The minimum atomic E-state index is -3.75. The van der Waals surface area contributed by atoms with E-state index < -0.39 is 95.0 Å². The van der Waals surface area contributed by atoms with Crippen molar-refractivity contribution in [3.05, 3.63) is 139 Å². The van der Waals surface area contributed by atoms with Crippen molar-refractivity contribution >= 4 is 77.6 Å². The van der Waals surface area contributed by atoms with Gasteiger partial charge in [-0.15, -0.1) is 0 Å². The number of fused-ring (bicyclic) bond motifs is 5. The molecule has 3 aliphatic rings. The predicted molar refractivity (Wildman–Crippen MR) is 315 cm³/mol. The maximum Gasteiger partial charge on any atom is 0.408 e. The van der Waals surface area contributed by atoms with Gasteiger partial charge in [-0.2, -0.15) is 0 Å². The van der Waals surface area contributed by atoms with Gasteiger partial charge < -0.3 is 40.8 Å². The molecule has 0 fully saturated rings. The first-order valence-corrected chi connectivity index (χ1v) is 31.5. The molecule has 0 radical (unpaired) electrons. The molecule has 1 aliphatic carbocycles. The molecule has 0 bridgehead atoms. The number of aromatic nitrogens is 6. The lowest BCUT2D eigenvalue weighted by Gasteiger charge is -2.36. The average molecular weight is 1230 g/mol. The van der Waals surface area contributed by atoms with Gasteiger partial charge in [0, 0.05) is 94.3 Å². The minimum Gasteiger partial charge on any atom is -0.465 e. The van der Waals surface area contributed by atoms with Gasteiger partial charge in [0.2, 0.25) is 41.8 Å². The zero-order valence-corrected chi connectivity index (χ0v) is 50.3. The highest BCUT2D eigenvalue weighted by Crippen LogP contribution is 2.49. The number of nitrogens with zero attached hydrogens (tertiary/aromatic N) is 7. The van der Waals surface area contributed by atoms with Crippen LogP contribution in [0, 0.1) is 12.8 Å². The normalized spacial score (nSPS) is 16.8. The number of ether oxygens (including phenoxy) is 1. The van der Waals surface area contributed by atoms with E-state index in [-0.39, 0.29) is 49.4 Å². The Bertz CT molecular complexity index is 4220. The highest BCUT2D eigenvalue weighted by molar-refractivity contribution is 7.90. The third kappa shape index (κ3) is 11.3. The minimum absolute atomic E-state index is 0.0294. The molecular weight excluding hydrogens is 1170 g/mol. The number of esters is 1. The first-order valence-electron chi connectivity index (χ1n) is 27.3. The van der Waals surface area contributed by atoms with Crippen molar-refractivity contribution in [2.24, 2.45) is 5.92 Å². The number of nitrogens with one attached hydrogen (secondary N) is 4. The summed E-state index contributed by atoms with van der Waals surface area (Å²) in [4.78, 5) is 105. The number of rotatable bonds is 17. The van der Waals surface area contributed by atoms with Gasteiger partial charge in [-0.05, 0) is 127 Å². The largest absolute Gasteiger partial charge is 0.465 e. The maximum absolute atomic E-state index is 14.3. The standard InChI is InChI=1S/C59H60ClN11O13S2/c1-9-59(79)42-18-46-50-40(26-70(46)54(75)41(42)27-84-55(59)76)48-45(13-12-39-29(4)43(60)19-44(68-50)47(39)48)71(58(77)78)25-31-10-11-38(17-35(31)20-61-6)67-51(72)30(5)66-53(74)49(28(2)3)69-52(73)34-15-32(36-21-62-56(63-22-36)85(7,80)81)14-33(16-34)37-23-64-57(65-24-37)86(8,82)83/h10-11,14-19,21-24,28,30,45,49,61,79H,9,12-13,20,25-27H2,1-8H3,(H,66,74)(H,67,72)(H,69,73)(H,77,78)/t30-,45-,49-,59-/m0/s1. The van der Waals surface area contributed by atoms with Crippen LogP contribution in [0.5, 0.6) is 0 Å². The molecule has 0 spiro atoms. The molecule has 6 N–H and O–H groups in total. The third-order valence-electron chi connectivity index (χ3n) is 15.9. The van der Waals surface area contributed by atoms with E-state index in [0.717, 1.165) is 29.0 Å². The number of pyridine rings is 2. The van der Waals surface area contributed by atoms with Crippen molar-refractivity contribution in [1.82, 2.24) is 50.3 Å². The third-order valence-corrected chi connectivity index (χ3v) is 18.1. The molecule has 0 saturated heterocycles. The zero-order valence-electron chi connectivity index (χ0n) is 47.9. The average Bonchev–Trinajstić information content (AvgIpc) is 1.50. The van der Waals surface area contributed by atoms with Gasteiger partial charge in [0.25, 0.3) is 11.5 Å². The second-order valence-corrected chi connectivity index (χ2v) is 26.3. The lowest BCUT2D eigenvalue weighted by Crippen LogP contribution is -2.53. The van der Waals surface area contributed by atoms with Gasteiger partial charge >= 0.3 is 12.1 Å². The molecule has 6 heterocycles. The number of anilines is 1. The van der Waals surface area contributed by atoms with Crippen LogP contribution in [-0.2, 0) is 77.1 Å². The van der Waals surface area contributed by atoms with Crippen LogP contribution >= 0.6 is 11.6 Å². The van der Waals surface area contributed by atoms with Crippen LogP contribution in [0.1, 0.15) is 101 Å². The fourth-order valence-electron chi connectivity index (χ4n) is 11.3. The van der Waals surface area contributed by atoms with E-state index in [2.05, 4.69) is 41.2 Å². The van der Waals surface area contributed by atoms with E-state index in [1.54, 1.807) is 64.2 Å². The number of benzene rings is 3. The van der Waals surface area contributed by atoms with E-state index >= 15 is 0 Å². The summed E-state index contributed by atoms with van der Waals surface area (Å²) in [5.41, 5.74) is 5.02. The van der Waals surface area contributed by atoms with Crippen LogP contribution in [0.2, 0.25) is 5.02 Å². The van der Waals surface area contributed by atoms with Crippen molar-refractivity contribution < 1.29 is 55.8 Å². The van der Waals surface area contributed by atoms with Gasteiger partial charge in [0.1, 0.15) is 18.7 Å². The lowest BCUT2D eigenvalue weighted by atomic mass is 9.81. The van der Waals surface area contributed by atoms with Crippen molar-refractivity contribution in [2.75, 3.05) is 24.9 Å². The molecule has 4 atom stereocenters. The Labute approximate surface area is 498 Å². The summed E-state index contributed by atoms with van der Waals surface area (Å²) in [7, 11) is -5.78. The Kier molecular flexibility index (Phi) is 16.2. The highest BCUT2D eigenvalue weighted by atomic mass is 35.5. The van der Waals surface area contributed by atoms with Gasteiger partial charge in [-0.3, -0.25) is 24.1 Å². The van der Waals surface area contributed by atoms with Crippen LogP contribution in [0.4, 0.5) is 10.5 Å². The number of amides is 4. The molecule has 448 valence electrons. The van der Waals surface area contributed by atoms with Gasteiger partial charge in [-0.25, -0.2) is 51.3 Å². The predicted octanol–water partition coefficient (Wildman–Crippen LogP) is 5.55. The van der Waals surface area contributed by atoms with Crippen LogP contribution in [0.15, 0.2) is 88.4 Å². The fourth-order valence-corrected chi connectivity index (χ4v) is 12.5. The monoisotopic (exact) mass is 1230 g/mol. The van der Waals surface area contributed by atoms with Crippen molar-refractivity contribution in [3.63, 3.8) is 0 Å². The van der Waals surface area contributed by atoms with Crippen molar-refractivity contribution in [1.29, 1.82) is 0 Å². The molecule has 10 rings (SSSR count). The molecule has 27 heteroatoms. The molecule has 4 aromatic heterocycles. The number of aliphatic hydroxyl groups is 1. The molecule has 3 aromatic carbocycles. The van der Waals surface area contributed by atoms with Gasteiger partial charge in [-0.1, -0.05) is 38.4 Å². The molecule has 24 nitrogen and oxygen atoms in total. The van der Waals surface area contributed by atoms with Crippen LogP contribution in [0.3, 0.4) is 0 Å². The SMILES string of the molecule is CC[C@@]1(O)C(=O)OCc2c1cc1n(c2=O)Cc2c-1nc1cc(Cl)c(C)c3c1c2[C@@H](N(Cc1ccc(NC(=O)[C@H](C)NC(=O)[C@@H](NC(=O)c2cc(-c4cnc(S(C)(=O)=O)nc4)cc(-c4cnc(S(C)(=O)=O)nc4)c2)C(C)C)cc1CNC)C(=O)O)CC3. The summed E-state index contributed by atoms with van der Waals surface area (Å²) in [5.74, 6) is -3.39. The number of hydrogen-bond donors (Lipinski definition) is 6. The fraction of sp³-hybridized carbons (Fsp3) is 0.339. The van der Waals surface area contributed by atoms with Crippen LogP contribution in [-0.4, -0.2) is 123 Å². The highest BCUT2D eigenvalue weighted by Gasteiger charge is 2.46.